The molecule has 0 amide bonds. The molecule has 0 aromatic carbocycles. The second-order valence-corrected chi connectivity index (χ2v) is 18.2. The molecule has 0 radical (unpaired) electrons. The fraction of sp³-hybridized carbons (Fsp3) is 0.689. The van der Waals surface area contributed by atoms with E-state index in [0.717, 1.165) is 116 Å². The van der Waals surface area contributed by atoms with Gasteiger partial charge in [-0.3, -0.25) is 14.4 Å². The molecule has 1 atom stereocenters. The quantitative estimate of drug-likeness (QED) is 0.0199. The first-order valence-electron chi connectivity index (χ1n) is 27.8. The van der Waals surface area contributed by atoms with Gasteiger partial charge < -0.3 is 14.2 Å². The summed E-state index contributed by atoms with van der Waals surface area (Å²) in [7, 11) is 0. The highest BCUT2D eigenvalue weighted by molar-refractivity contribution is 5.71. The molecular formula is C61H102O6. The second kappa shape index (κ2) is 54.9. The fourth-order valence-electron chi connectivity index (χ4n) is 7.43. The number of carbonyl (C=O) groups excluding carboxylic acids is 3. The Morgan fingerprint density at radius 1 is 0.328 bits per heavy atom. The summed E-state index contributed by atoms with van der Waals surface area (Å²) in [5.41, 5.74) is 0. The predicted molar refractivity (Wildman–Crippen MR) is 288 cm³/mol. The van der Waals surface area contributed by atoms with Crippen molar-refractivity contribution in [3.63, 3.8) is 0 Å². The summed E-state index contributed by atoms with van der Waals surface area (Å²) in [6, 6.07) is 0. The van der Waals surface area contributed by atoms with Crippen molar-refractivity contribution in [1.82, 2.24) is 0 Å². The van der Waals surface area contributed by atoms with Crippen LogP contribution in [0.3, 0.4) is 0 Å². The highest BCUT2D eigenvalue weighted by Gasteiger charge is 2.19. The third kappa shape index (κ3) is 53.2. The maximum absolute atomic E-state index is 12.8. The first-order chi connectivity index (χ1) is 33.0. The van der Waals surface area contributed by atoms with E-state index < -0.39 is 6.10 Å². The molecule has 0 saturated heterocycles. The average Bonchev–Trinajstić information content (AvgIpc) is 3.33. The zero-order chi connectivity index (χ0) is 48.6. The molecule has 6 nitrogen and oxygen atoms in total. The third-order valence-electron chi connectivity index (χ3n) is 11.6. The molecule has 0 bridgehead atoms. The van der Waals surface area contributed by atoms with Gasteiger partial charge in [-0.2, -0.15) is 0 Å². The van der Waals surface area contributed by atoms with Gasteiger partial charge in [-0.25, -0.2) is 0 Å². The Hall–Kier alpha value is -3.67. The number of hydrogen-bond donors (Lipinski definition) is 0. The number of esters is 3. The van der Waals surface area contributed by atoms with E-state index in [1.807, 2.05) is 0 Å². The van der Waals surface area contributed by atoms with Crippen LogP contribution < -0.4 is 0 Å². The molecule has 0 aliphatic heterocycles. The van der Waals surface area contributed by atoms with E-state index in [0.29, 0.717) is 12.8 Å². The van der Waals surface area contributed by atoms with Crippen molar-refractivity contribution in [2.75, 3.05) is 13.2 Å². The van der Waals surface area contributed by atoms with Crippen LogP contribution in [0.25, 0.3) is 0 Å². The van der Waals surface area contributed by atoms with E-state index in [9.17, 15) is 14.4 Å². The largest absolute Gasteiger partial charge is 0.462 e. The molecule has 0 saturated carbocycles. The van der Waals surface area contributed by atoms with Gasteiger partial charge in [0.1, 0.15) is 13.2 Å². The molecule has 0 spiro atoms. The van der Waals surface area contributed by atoms with Crippen LogP contribution in [0.1, 0.15) is 252 Å². The van der Waals surface area contributed by atoms with Crippen LogP contribution in [-0.4, -0.2) is 37.2 Å². The van der Waals surface area contributed by atoms with Gasteiger partial charge in [-0.15, -0.1) is 0 Å². The molecule has 0 aliphatic carbocycles. The SMILES string of the molecule is CC/C=C\C/C=C\C/C=C\C/C=C\CCCCCC(=O)OC(COC(=O)CCCCCCC\C=C/C=C\C=C/CCCCCCC)COC(=O)CCCCCCCCC/C=C\CCCCCC. The van der Waals surface area contributed by atoms with Crippen LogP contribution in [0, 0.1) is 0 Å². The van der Waals surface area contributed by atoms with E-state index >= 15 is 0 Å². The highest BCUT2D eigenvalue weighted by Crippen LogP contribution is 2.14. The van der Waals surface area contributed by atoms with Crippen LogP contribution in [0.15, 0.2) is 97.2 Å². The van der Waals surface area contributed by atoms with Crippen molar-refractivity contribution in [3.05, 3.63) is 97.2 Å². The zero-order valence-corrected chi connectivity index (χ0v) is 43.6. The van der Waals surface area contributed by atoms with Crippen molar-refractivity contribution in [3.8, 4) is 0 Å². The van der Waals surface area contributed by atoms with Crippen LogP contribution in [-0.2, 0) is 28.6 Å². The van der Waals surface area contributed by atoms with Crippen molar-refractivity contribution >= 4 is 17.9 Å². The molecule has 67 heavy (non-hydrogen) atoms. The number of allylic oxidation sites excluding steroid dienone is 16. The van der Waals surface area contributed by atoms with Gasteiger partial charge in [-0.05, 0) is 109 Å². The van der Waals surface area contributed by atoms with Crippen molar-refractivity contribution < 1.29 is 28.6 Å². The van der Waals surface area contributed by atoms with Crippen molar-refractivity contribution in [2.45, 2.75) is 258 Å². The topological polar surface area (TPSA) is 78.9 Å². The summed E-state index contributed by atoms with van der Waals surface area (Å²) in [6.45, 7) is 6.45. The van der Waals surface area contributed by atoms with Gasteiger partial charge in [0, 0.05) is 19.3 Å². The second-order valence-electron chi connectivity index (χ2n) is 18.2. The summed E-state index contributed by atoms with van der Waals surface area (Å²) in [4.78, 5) is 38.1. The fourth-order valence-corrected chi connectivity index (χ4v) is 7.43. The van der Waals surface area contributed by atoms with Gasteiger partial charge in [-0.1, -0.05) is 221 Å². The van der Waals surface area contributed by atoms with Crippen LogP contribution in [0.5, 0.6) is 0 Å². The Morgan fingerprint density at radius 2 is 0.642 bits per heavy atom. The third-order valence-corrected chi connectivity index (χ3v) is 11.6. The lowest BCUT2D eigenvalue weighted by Gasteiger charge is -2.18. The zero-order valence-electron chi connectivity index (χ0n) is 43.6. The lowest BCUT2D eigenvalue weighted by Crippen LogP contribution is -2.30. The lowest BCUT2D eigenvalue weighted by atomic mass is 10.1. The number of ether oxygens (including phenoxy) is 3. The molecule has 1 unspecified atom stereocenters. The Bertz CT molecular complexity index is 1350. The van der Waals surface area contributed by atoms with E-state index in [1.165, 1.54) is 96.3 Å². The van der Waals surface area contributed by atoms with Gasteiger partial charge in [0.25, 0.3) is 0 Å². The monoisotopic (exact) mass is 931 g/mol. The minimum atomic E-state index is -0.806. The maximum Gasteiger partial charge on any atom is 0.306 e. The Morgan fingerprint density at radius 3 is 1.07 bits per heavy atom. The molecule has 382 valence electrons. The Labute approximate surface area is 413 Å². The summed E-state index contributed by atoms with van der Waals surface area (Å²) < 4.78 is 16.8. The molecule has 0 rings (SSSR count). The normalized spacial score (nSPS) is 12.8. The van der Waals surface area contributed by atoms with E-state index in [1.54, 1.807) is 0 Å². The molecule has 0 aliphatic rings. The highest BCUT2D eigenvalue weighted by atomic mass is 16.6. The van der Waals surface area contributed by atoms with Gasteiger partial charge in [0.2, 0.25) is 0 Å². The number of unbranched alkanes of at least 4 members (excludes halogenated alkanes) is 24. The average molecular weight is 931 g/mol. The minimum absolute atomic E-state index is 0.100. The summed E-state index contributed by atoms with van der Waals surface area (Å²) in [6.07, 6.45) is 72.4. The van der Waals surface area contributed by atoms with Crippen LogP contribution in [0.4, 0.5) is 0 Å². The molecular weight excluding hydrogens is 829 g/mol. The first kappa shape index (κ1) is 63.3. The molecule has 0 heterocycles. The Balaban J connectivity index is 4.49. The number of rotatable bonds is 49. The van der Waals surface area contributed by atoms with Crippen molar-refractivity contribution in [1.29, 1.82) is 0 Å². The van der Waals surface area contributed by atoms with E-state index in [2.05, 4.69) is 118 Å². The molecule has 6 heteroatoms. The Kier molecular flexibility index (Phi) is 51.9. The van der Waals surface area contributed by atoms with Crippen LogP contribution >= 0.6 is 0 Å². The van der Waals surface area contributed by atoms with Gasteiger partial charge in [0.05, 0.1) is 0 Å². The maximum atomic E-state index is 12.8. The number of hydrogen-bond acceptors (Lipinski definition) is 6. The first-order valence-corrected chi connectivity index (χ1v) is 27.8. The lowest BCUT2D eigenvalue weighted by molar-refractivity contribution is -0.167. The minimum Gasteiger partial charge on any atom is -0.462 e. The number of carbonyl (C=O) groups is 3. The smallest absolute Gasteiger partial charge is 0.306 e. The van der Waals surface area contributed by atoms with E-state index in [4.69, 9.17) is 14.2 Å². The summed E-state index contributed by atoms with van der Waals surface area (Å²) >= 11 is 0. The standard InChI is InChI=1S/C61H102O6/c1-4-7-10-13-16-19-22-25-28-30-31-34-36-39-42-45-48-51-54-60(63)66-57-58(56-65-59(62)53-50-47-44-41-38-35-32-27-24-21-18-15-12-9-6-3)67-61(64)55-52-49-46-43-40-37-33-29-26-23-20-17-14-11-8-5-2/h8,11,17,20-22,24-26,28-31,34,37,40,58H,4-7,9-10,12-16,18-19,23,27,32-33,35-36,38-39,41-57H2,1-3H3/b11-8-,20-17-,24-21-,25-22-,29-26-,30-28-,34-31-,40-37-. The van der Waals surface area contributed by atoms with Gasteiger partial charge in [0.15, 0.2) is 6.10 Å². The molecule has 0 fully saturated rings. The van der Waals surface area contributed by atoms with Crippen LogP contribution in [0.2, 0.25) is 0 Å². The summed E-state index contributed by atoms with van der Waals surface area (Å²) in [5.74, 6) is -0.955. The molecule has 0 N–H and O–H groups in total. The molecule has 0 aromatic heterocycles. The molecule has 0 aromatic rings. The van der Waals surface area contributed by atoms with Crippen molar-refractivity contribution in [2.24, 2.45) is 0 Å². The predicted octanol–water partition coefficient (Wildman–Crippen LogP) is 18.5. The summed E-state index contributed by atoms with van der Waals surface area (Å²) in [5, 5.41) is 0. The van der Waals surface area contributed by atoms with Gasteiger partial charge >= 0.3 is 17.9 Å². The van der Waals surface area contributed by atoms with E-state index in [-0.39, 0.29) is 37.5 Å².